The second kappa shape index (κ2) is 4.83. The Balaban J connectivity index is 2.54. The van der Waals surface area contributed by atoms with Gasteiger partial charge < -0.3 is 4.74 Å². The number of methoxy groups -OCH3 is 1. The standard InChI is InChI=1S/C15H14O2/c1-11-6-7-12(10-16)8-15(11)13-4-3-5-14(9-13)17-2/h3-10H,1-2H3. The van der Waals surface area contributed by atoms with E-state index < -0.39 is 0 Å². The molecule has 2 heteroatoms. The molecule has 0 unspecified atom stereocenters. The highest BCUT2D eigenvalue weighted by Crippen LogP contribution is 2.27. The Labute approximate surface area is 101 Å². The fourth-order valence-electron chi connectivity index (χ4n) is 1.81. The molecule has 0 aliphatic rings. The van der Waals surface area contributed by atoms with Crippen LogP contribution in [0.25, 0.3) is 11.1 Å². The summed E-state index contributed by atoms with van der Waals surface area (Å²) in [6.07, 6.45) is 0.864. The number of aldehydes is 1. The number of ether oxygens (including phenoxy) is 1. The quantitative estimate of drug-likeness (QED) is 0.749. The smallest absolute Gasteiger partial charge is 0.150 e. The lowest BCUT2D eigenvalue weighted by Gasteiger charge is -2.08. The summed E-state index contributed by atoms with van der Waals surface area (Å²) in [6, 6.07) is 13.5. The molecule has 0 saturated carbocycles. The highest BCUT2D eigenvalue weighted by Gasteiger charge is 2.04. The summed E-state index contributed by atoms with van der Waals surface area (Å²) in [7, 11) is 1.65. The summed E-state index contributed by atoms with van der Waals surface area (Å²) in [4.78, 5) is 10.8. The van der Waals surface area contributed by atoms with Crippen LogP contribution in [0.1, 0.15) is 15.9 Å². The van der Waals surface area contributed by atoms with Gasteiger partial charge in [-0.2, -0.15) is 0 Å². The third kappa shape index (κ3) is 2.36. The lowest BCUT2D eigenvalue weighted by molar-refractivity contribution is 0.112. The molecule has 0 radical (unpaired) electrons. The van der Waals surface area contributed by atoms with Crippen LogP contribution >= 0.6 is 0 Å². The number of carbonyl (C=O) groups is 1. The van der Waals surface area contributed by atoms with Gasteiger partial charge in [-0.1, -0.05) is 24.3 Å². The molecule has 0 fully saturated rings. The lowest BCUT2D eigenvalue weighted by Crippen LogP contribution is -1.88. The van der Waals surface area contributed by atoms with Crippen LogP contribution in [0.15, 0.2) is 42.5 Å². The molecule has 0 saturated heterocycles. The van der Waals surface area contributed by atoms with E-state index >= 15 is 0 Å². The van der Waals surface area contributed by atoms with Crippen molar-refractivity contribution in [3.63, 3.8) is 0 Å². The van der Waals surface area contributed by atoms with E-state index in [4.69, 9.17) is 4.74 Å². The van der Waals surface area contributed by atoms with Crippen LogP contribution in [0.2, 0.25) is 0 Å². The van der Waals surface area contributed by atoms with Gasteiger partial charge in [0.15, 0.2) is 0 Å². The summed E-state index contributed by atoms with van der Waals surface area (Å²) < 4.78 is 5.20. The lowest BCUT2D eigenvalue weighted by atomic mass is 9.98. The minimum absolute atomic E-state index is 0.688. The molecule has 2 rings (SSSR count). The van der Waals surface area contributed by atoms with Crippen LogP contribution < -0.4 is 4.74 Å². The topological polar surface area (TPSA) is 26.3 Å². The number of hydrogen-bond donors (Lipinski definition) is 0. The molecule has 0 aromatic heterocycles. The second-order valence-corrected chi connectivity index (χ2v) is 3.92. The molecule has 0 bridgehead atoms. The minimum Gasteiger partial charge on any atom is -0.497 e. The summed E-state index contributed by atoms with van der Waals surface area (Å²) in [5, 5.41) is 0. The number of benzene rings is 2. The molecule has 0 spiro atoms. The van der Waals surface area contributed by atoms with Crippen LogP contribution in [0.4, 0.5) is 0 Å². The SMILES string of the molecule is COc1cccc(-c2cc(C=O)ccc2C)c1. The van der Waals surface area contributed by atoms with Gasteiger partial charge in [0.2, 0.25) is 0 Å². The monoisotopic (exact) mass is 226 g/mol. The average Bonchev–Trinajstić information content (AvgIpc) is 2.39. The zero-order valence-corrected chi connectivity index (χ0v) is 9.94. The first-order valence-electron chi connectivity index (χ1n) is 5.45. The van der Waals surface area contributed by atoms with Gasteiger partial charge in [0.25, 0.3) is 0 Å². The zero-order valence-electron chi connectivity index (χ0n) is 9.94. The normalized spacial score (nSPS) is 10.0. The fraction of sp³-hybridized carbons (Fsp3) is 0.133. The Kier molecular flexibility index (Phi) is 3.24. The van der Waals surface area contributed by atoms with E-state index in [0.29, 0.717) is 5.56 Å². The van der Waals surface area contributed by atoms with Gasteiger partial charge in [-0.15, -0.1) is 0 Å². The highest BCUT2D eigenvalue weighted by atomic mass is 16.5. The number of carbonyl (C=O) groups excluding carboxylic acids is 1. The van der Waals surface area contributed by atoms with E-state index in [0.717, 1.165) is 28.7 Å². The van der Waals surface area contributed by atoms with Gasteiger partial charge in [0.05, 0.1) is 7.11 Å². The van der Waals surface area contributed by atoms with Crippen LogP contribution in [-0.4, -0.2) is 13.4 Å². The van der Waals surface area contributed by atoms with E-state index in [2.05, 4.69) is 0 Å². The maximum atomic E-state index is 10.8. The molecule has 2 aromatic carbocycles. The van der Waals surface area contributed by atoms with Crippen molar-refractivity contribution >= 4 is 6.29 Å². The summed E-state index contributed by atoms with van der Waals surface area (Å²) in [6.45, 7) is 2.03. The van der Waals surface area contributed by atoms with E-state index in [1.54, 1.807) is 7.11 Å². The maximum absolute atomic E-state index is 10.8. The predicted octanol–water partition coefficient (Wildman–Crippen LogP) is 3.48. The number of hydrogen-bond acceptors (Lipinski definition) is 2. The molecule has 0 aliphatic carbocycles. The highest BCUT2D eigenvalue weighted by molar-refractivity contribution is 5.80. The Morgan fingerprint density at radius 2 is 1.94 bits per heavy atom. The molecule has 0 heterocycles. The molecule has 0 aliphatic heterocycles. The molecule has 86 valence electrons. The fourth-order valence-corrected chi connectivity index (χ4v) is 1.81. The van der Waals surface area contributed by atoms with Crippen molar-refractivity contribution in [2.75, 3.05) is 7.11 Å². The van der Waals surface area contributed by atoms with Gasteiger partial charge in [0, 0.05) is 5.56 Å². The average molecular weight is 226 g/mol. The van der Waals surface area contributed by atoms with E-state index in [9.17, 15) is 4.79 Å². The maximum Gasteiger partial charge on any atom is 0.150 e. The van der Waals surface area contributed by atoms with E-state index in [1.807, 2.05) is 49.4 Å². The van der Waals surface area contributed by atoms with Crippen LogP contribution in [-0.2, 0) is 0 Å². The van der Waals surface area contributed by atoms with Gasteiger partial charge in [-0.05, 0) is 41.8 Å². The van der Waals surface area contributed by atoms with Crippen molar-refractivity contribution in [2.45, 2.75) is 6.92 Å². The van der Waals surface area contributed by atoms with Crippen molar-refractivity contribution in [3.05, 3.63) is 53.6 Å². The van der Waals surface area contributed by atoms with Crippen molar-refractivity contribution in [1.82, 2.24) is 0 Å². The summed E-state index contributed by atoms with van der Waals surface area (Å²) in [5.41, 5.74) is 3.95. The third-order valence-corrected chi connectivity index (χ3v) is 2.78. The van der Waals surface area contributed by atoms with Gasteiger partial charge in [-0.25, -0.2) is 0 Å². The molecule has 0 amide bonds. The minimum atomic E-state index is 0.688. The summed E-state index contributed by atoms with van der Waals surface area (Å²) >= 11 is 0. The van der Waals surface area contributed by atoms with Crippen molar-refractivity contribution in [3.8, 4) is 16.9 Å². The number of rotatable bonds is 3. The zero-order chi connectivity index (χ0) is 12.3. The Hall–Kier alpha value is -2.09. The molecule has 0 N–H and O–H groups in total. The number of aryl methyl sites for hydroxylation is 1. The molecular formula is C15H14O2. The van der Waals surface area contributed by atoms with Crippen LogP contribution in [0, 0.1) is 6.92 Å². The first-order valence-corrected chi connectivity index (χ1v) is 5.45. The first kappa shape index (κ1) is 11.4. The van der Waals surface area contributed by atoms with Gasteiger partial charge in [0.1, 0.15) is 12.0 Å². The van der Waals surface area contributed by atoms with Crippen LogP contribution in [0.3, 0.4) is 0 Å². The van der Waals surface area contributed by atoms with Crippen molar-refractivity contribution in [1.29, 1.82) is 0 Å². The molecule has 0 atom stereocenters. The van der Waals surface area contributed by atoms with Crippen LogP contribution in [0.5, 0.6) is 5.75 Å². The summed E-state index contributed by atoms with van der Waals surface area (Å²) in [5.74, 6) is 0.818. The Morgan fingerprint density at radius 3 is 2.65 bits per heavy atom. The molecule has 2 aromatic rings. The van der Waals surface area contributed by atoms with E-state index in [-0.39, 0.29) is 0 Å². The van der Waals surface area contributed by atoms with Gasteiger partial charge >= 0.3 is 0 Å². The Bertz CT molecular complexity index is 544. The second-order valence-electron chi connectivity index (χ2n) is 3.92. The van der Waals surface area contributed by atoms with Gasteiger partial charge in [-0.3, -0.25) is 4.79 Å². The first-order chi connectivity index (χ1) is 8.24. The molecular weight excluding hydrogens is 212 g/mol. The third-order valence-electron chi connectivity index (χ3n) is 2.78. The Morgan fingerprint density at radius 1 is 1.12 bits per heavy atom. The molecule has 17 heavy (non-hydrogen) atoms. The van der Waals surface area contributed by atoms with E-state index in [1.165, 1.54) is 0 Å². The van der Waals surface area contributed by atoms with Crippen molar-refractivity contribution in [2.24, 2.45) is 0 Å². The molecule has 2 nitrogen and oxygen atoms in total. The predicted molar refractivity (Wildman–Crippen MR) is 68.6 cm³/mol. The van der Waals surface area contributed by atoms with Crippen molar-refractivity contribution < 1.29 is 9.53 Å². The largest absolute Gasteiger partial charge is 0.497 e.